The van der Waals surface area contributed by atoms with Gasteiger partial charge in [0.1, 0.15) is 11.5 Å². The van der Waals surface area contributed by atoms with E-state index in [2.05, 4.69) is 5.32 Å². The first kappa shape index (κ1) is 18.3. The van der Waals surface area contributed by atoms with Crippen molar-refractivity contribution in [2.75, 3.05) is 21.3 Å². The van der Waals surface area contributed by atoms with Gasteiger partial charge in [-0.1, -0.05) is 6.07 Å². The molecule has 0 saturated carbocycles. The highest BCUT2D eigenvalue weighted by Crippen LogP contribution is 2.37. The lowest BCUT2D eigenvalue weighted by molar-refractivity contribution is -0.133. The van der Waals surface area contributed by atoms with Gasteiger partial charge in [-0.15, -0.1) is 0 Å². The molecule has 0 radical (unpaired) electrons. The normalized spacial score (nSPS) is 18.1. The first-order chi connectivity index (χ1) is 13.0. The number of Topliss-reactive ketones (excluding diaryl/α,β-unsaturated/α-hetero) is 1. The summed E-state index contributed by atoms with van der Waals surface area (Å²) < 4.78 is 15.6. The maximum absolute atomic E-state index is 12.4. The predicted octanol–water partition coefficient (Wildman–Crippen LogP) is 2.42. The van der Waals surface area contributed by atoms with Gasteiger partial charge in [0, 0.05) is 5.56 Å². The Balaban J connectivity index is 2.08. The fraction of sp³-hybridized carbons (Fsp3) is 0.200. The van der Waals surface area contributed by atoms with Crippen molar-refractivity contribution in [2.24, 2.45) is 0 Å². The molecule has 1 amide bonds. The Morgan fingerprint density at radius 1 is 0.926 bits per heavy atom. The molecule has 1 unspecified atom stereocenters. The molecule has 1 atom stereocenters. The minimum Gasteiger partial charge on any atom is -0.507 e. The summed E-state index contributed by atoms with van der Waals surface area (Å²) in [6, 6.07) is 10.8. The number of carbonyl (C=O) groups excluding carboxylic acids is 2. The van der Waals surface area contributed by atoms with Gasteiger partial charge in [0.25, 0.3) is 11.7 Å². The van der Waals surface area contributed by atoms with Crippen LogP contribution in [0.2, 0.25) is 0 Å². The number of rotatable bonds is 5. The van der Waals surface area contributed by atoms with Crippen molar-refractivity contribution in [3.8, 4) is 17.2 Å². The van der Waals surface area contributed by atoms with E-state index in [0.29, 0.717) is 28.4 Å². The monoisotopic (exact) mass is 369 g/mol. The Kier molecular flexibility index (Phi) is 5.03. The molecule has 0 bridgehead atoms. The van der Waals surface area contributed by atoms with Gasteiger partial charge >= 0.3 is 0 Å². The molecule has 2 N–H and O–H groups in total. The zero-order valence-electron chi connectivity index (χ0n) is 15.1. The predicted molar refractivity (Wildman–Crippen MR) is 98.0 cm³/mol. The molecular formula is C20H19NO6. The zero-order valence-corrected chi connectivity index (χ0v) is 15.1. The lowest BCUT2D eigenvalue weighted by Crippen LogP contribution is -2.21. The quantitative estimate of drug-likeness (QED) is 0.478. The molecule has 0 spiro atoms. The lowest BCUT2D eigenvalue weighted by Gasteiger charge is -2.16. The Hall–Kier alpha value is -3.48. The van der Waals surface area contributed by atoms with Crippen LogP contribution in [-0.4, -0.2) is 38.1 Å². The van der Waals surface area contributed by atoms with Gasteiger partial charge in [0.05, 0.1) is 32.9 Å². The number of amides is 1. The number of aliphatic hydroxyl groups is 1. The highest BCUT2D eigenvalue weighted by molar-refractivity contribution is 6.46. The van der Waals surface area contributed by atoms with E-state index in [4.69, 9.17) is 14.2 Å². The third-order valence-corrected chi connectivity index (χ3v) is 4.37. The van der Waals surface area contributed by atoms with E-state index in [0.717, 1.165) is 0 Å². The van der Waals surface area contributed by atoms with Crippen LogP contribution in [0.4, 0.5) is 0 Å². The molecule has 0 aromatic heterocycles. The Bertz CT molecular complexity index is 917. The van der Waals surface area contributed by atoms with Crippen molar-refractivity contribution < 1.29 is 28.9 Å². The van der Waals surface area contributed by atoms with Crippen molar-refractivity contribution in [3.63, 3.8) is 0 Å². The van der Waals surface area contributed by atoms with Gasteiger partial charge < -0.3 is 24.6 Å². The SMILES string of the molecule is COc1ccc(/C(O)=C2/C(=O)C(=O)NC2c2ccc(OC)c(OC)c2)cc1. The molecule has 3 rings (SSSR count). The van der Waals surface area contributed by atoms with E-state index in [1.165, 1.54) is 21.3 Å². The minimum atomic E-state index is -0.799. The van der Waals surface area contributed by atoms with Crippen molar-refractivity contribution in [2.45, 2.75) is 6.04 Å². The van der Waals surface area contributed by atoms with Crippen LogP contribution in [0.25, 0.3) is 5.76 Å². The highest BCUT2D eigenvalue weighted by atomic mass is 16.5. The van der Waals surface area contributed by atoms with Crippen LogP contribution in [0.5, 0.6) is 17.2 Å². The number of benzene rings is 2. The van der Waals surface area contributed by atoms with E-state index in [1.807, 2.05) is 0 Å². The topological polar surface area (TPSA) is 94.1 Å². The lowest BCUT2D eigenvalue weighted by atomic mass is 9.95. The van der Waals surface area contributed by atoms with Crippen molar-refractivity contribution >= 4 is 17.4 Å². The number of methoxy groups -OCH3 is 3. The van der Waals surface area contributed by atoms with Crippen LogP contribution in [0, 0.1) is 0 Å². The molecule has 1 saturated heterocycles. The molecular weight excluding hydrogens is 350 g/mol. The largest absolute Gasteiger partial charge is 0.507 e. The molecule has 0 aliphatic carbocycles. The van der Waals surface area contributed by atoms with Gasteiger partial charge in [-0.3, -0.25) is 9.59 Å². The third kappa shape index (κ3) is 3.31. The number of nitrogens with one attached hydrogen (secondary N) is 1. The van der Waals surface area contributed by atoms with Crippen molar-refractivity contribution in [1.29, 1.82) is 0 Å². The first-order valence-electron chi connectivity index (χ1n) is 8.14. The van der Waals surface area contributed by atoms with Crippen LogP contribution in [-0.2, 0) is 9.59 Å². The molecule has 1 aliphatic heterocycles. The maximum atomic E-state index is 12.4. The number of hydrogen-bond acceptors (Lipinski definition) is 6. The standard InChI is InChI=1S/C20H19NO6/c1-25-13-7-4-11(5-8-13)18(22)16-17(21-20(24)19(16)23)12-6-9-14(26-2)15(10-12)27-3/h4-10,17,22H,1-3H3,(H,21,24)/b18-16-. The van der Waals surface area contributed by atoms with E-state index < -0.39 is 17.7 Å². The summed E-state index contributed by atoms with van der Waals surface area (Å²) in [4.78, 5) is 24.4. The second-order valence-electron chi connectivity index (χ2n) is 5.84. The summed E-state index contributed by atoms with van der Waals surface area (Å²) in [6.07, 6.45) is 0. The first-order valence-corrected chi connectivity index (χ1v) is 8.14. The number of ketones is 1. The summed E-state index contributed by atoms with van der Waals surface area (Å²) in [7, 11) is 4.54. The van der Waals surface area contributed by atoms with Crippen LogP contribution in [0.1, 0.15) is 17.2 Å². The molecule has 1 aliphatic rings. The Morgan fingerprint density at radius 3 is 2.19 bits per heavy atom. The fourth-order valence-electron chi connectivity index (χ4n) is 2.95. The molecule has 27 heavy (non-hydrogen) atoms. The number of aliphatic hydroxyl groups excluding tert-OH is 1. The van der Waals surface area contributed by atoms with Gasteiger partial charge in [-0.05, 0) is 42.0 Å². The van der Waals surface area contributed by atoms with E-state index in [9.17, 15) is 14.7 Å². The molecule has 7 heteroatoms. The number of hydrogen-bond donors (Lipinski definition) is 2. The highest BCUT2D eigenvalue weighted by Gasteiger charge is 2.39. The maximum Gasteiger partial charge on any atom is 0.293 e. The zero-order chi connectivity index (χ0) is 19.6. The van der Waals surface area contributed by atoms with Crippen molar-refractivity contribution in [3.05, 3.63) is 59.2 Å². The van der Waals surface area contributed by atoms with Gasteiger partial charge in [0.15, 0.2) is 11.5 Å². The second kappa shape index (κ2) is 7.41. The summed E-state index contributed by atoms with van der Waals surface area (Å²) >= 11 is 0. The van der Waals surface area contributed by atoms with Crippen LogP contribution in [0.3, 0.4) is 0 Å². The van der Waals surface area contributed by atoms with Gasteiger partial charge in [-0.25, -0.2) is 0 Å². The average molecular weight is 369 g/mol. The Labute approximate surface area is 156 Å². The van der Waals surface area contributed by atoms with Gasteiger partial charge in [0.2, 0.25) is 0 Å². The summed E-state index contributed by atoms with van der Waals surface area (Å²) in [5.74, 6) is -0.234. The summed E-state index contributed by atoms with van der Waals surface area (Å²) in [5.41, 5.74) is 0.973. The number of carbonyl (C=O) groups is 2. The fourth-order valence-corrected chi connectivity index (χ4v) is 2.95. The Morgan fingerprint density at radius 2 is 1.59 bits per heavy atom. The average Bonchev–Trinajstić information content (AvgIpc) is 3.01. The second-order valence-corrected chi connectivity index (χ2v) is 5.84. The van der Waals surface area contributed by atoms with Gasteiger partial charge in [-0.2, -0.15) is 0 Å². The van der Waals surface area contributed by atoms with E-state index in [-0.39, 0.29) is 11.3 Å². The molecule has 2 aromatic carbocycles. The van der Waals surface area contributed by atoms with Crippen LogP contribution < -0.4 is 19.5 Å². The molecule has 2 aromatic rings. The third-order valence-electron chi connectivity index (χ3n) is 4.37. The van der Waals surface area contributed by atoms with E-state index in [1.54, 1.807) is 42.5 Å². The smallest absolute Gasteiger partial charge is 0.293 e. The van der Waals surface area contributed by atoms with Crippen LogP contribution in [0.15, 0.2) is 48.0 Å². The summed E-state index contributed by atoms with van der Waals surface area (Å²) in [5, 5.41) is 13.3. The van der Waals surface area contributed by atoms with Crippen LogP contribution >= 0.6 is 0 Å². The van der Waals surface area contributed by atoms with Crippen molar-refractivity contribution in [1.82, 2.24) is 5.32 Å². The number of ether oxygens (including phenoxy) is 3. The molecule has 1 fully saturated rings. The summed E-state index contributed by atoms with van der Waals surface area (Å²) in [6.45, 7) is 0. The molecule has 140 valence electrons. The molecule has 1 heterocycles. The minimum absolute atomic E-state index is 0.0163. The molecule has 7 nitrogen and oxygen atoms in total. The van der Waals surface area contributed by atoms with E-state index >= 15 is 0 Å².